The number of para-hydroxylation sites is 1. The molecule has 0 amide bonds. The van der Waals surface area contributed by atoms with E-state index in [4.69, 9.17) is 21.1 Å². The van der Waals surface area contributed by atoms with Gasteiger partial charge < -0.3 is 14.8 Å². The summed E-state index contributed by atoms with van der Waals surface area (Å²) in [5.74, 6) is 0.303. The molecule has 1 aromatic heterocycles. The molecule has 0 radical (unpaired) electrons. The molecule has 1 heterocycles. The highest BCUT2D eigenvalue weighted by molar-refractivity contribution is 6.33. The van der Waals surface area contributed by atoms with E-state index in [1.165, 1.54) is 18.2 Å². The fourth-order valence-electron chi connectivity index (χ4n) is 5.70. The highest BCUT2D eigenvalue weighted by Crippen LogP contribution is 2.37. The van der Waals surface area contributed by atoms with E-state index < -0.39 is 5.82 Å². The number of fused-ring (bicyclic) bond motifs is 1. The lowest BCUT2D eigenvalue weighted by molar-refractivity contribution is -0.151. The summed E-state index contributed by atoms with van der Waals surface area (Å²) < 4.78 is 27.5. The van der Waals surface area contributed by atoms with Crippen molar-refractivity contribution in [2.75, 3.05) is 13.2 Å². The molecule has 0 unspecified atom stereocenters. The summed E-state index contributed by atoms with van der Waals surface area (Å²) in [4.78, 5) is 26.0. The van der Waals surface area contributed by atoms with E-state index in [1.54, 1.807) is 16.7 Å². The Labute approximate surface area is 256 Å². The number of carbonyl (C=O) groups is 1. The minimum absolute atomic E-state index is 0.0392. The summed E-state index contributed by atoms with van der Waals surface area (Å²) in [7, 11) is 0. The molecule has 1 aliphatic rings. The van der Waals surface area contributed by atoms with Crippen LogP contribution in [0.1, 0.15) is 52.4 Å². The molecule has 4 aromatic rings. The summed E-state index contributed by atoms with van der Waals surface area (Å²) in [6.45, 7) is 5.15. The molecular formula is C35H38ClFN2O4. The second-order valence-electron chi connectivity index (χ2n) is 11.6. The zero-order chi connectivity index (χ0) is 30.3. The molecule has 226 valence electrons. The van der Waals surface area contributed by atoms with Crippen LogP contribution >= 0.6 is 11.6 Å². The van der Waals surface area contributed by atoms with Crippen LogP contribution in [0.4, 0.5) is 4.39 Å². The maximum atomic E-state index is 13.9. The molecule has 5 rings (SSSR count). The van der Waals surface area contributed by atoms with Crippen LogP contribution in [0.3, 0.4) is 0 Å². The minimum Gasteiger partial charge on any atom is -0.493 e. The lowest BCUT2D eigenvalue weighted by atomic mass is 9.99. The highest BCUT2D eigenvalue weighted by atomic mass is 35.5. The number of hydrogen-bond acceptors (Lipinski definition) is 5. The van der Waals surface area contributed by atoms with Gasteiger partial charge in [-0.3, -0.25) is 14.2 Å². The number of nitrogens with one attached hydrogen (secondary N) is 1. The number of rotatable bonds is 12. The Morgan fingerprint density at radius 1 is 1.02 bits per heavy atom. The third kappa shape index (κ3) is 7.64. The van der Waals surface area contributed by atoms with Gasteiger partial charge in [0.25, 0.3) is 5.56 Å². The molecule has 0 saturated heterocycles. The van der Waals surface area contributed by atoms with E-state index in [-0.39, 0.29) is 28.7 Å². The maximum Gasteiger partial charge on any atom is 0.323 e. The van der Waals surface area contributed by atoms with Crippen LogP contribution in [0, 0.1) is 11.7 Å². The monoisotopic (exact) mass is 604 g/mol. The largest absolute Gasteiger partial charge is 0.493 e. The number of aromatic nitrogens is 1. The minimum atomic E-state index is -0.429. The quantitative estimate of drug-likeness (QED) is 0.132. The molecule has 1 N–H and O–H groups in total. The first kappa shape index (κ1) is 30.8. The molecule has 6 nitrogen and oxygen atoms in total. The number of benzene rings is 3. The van der Waals surface area contributed by atoms with Gasteiger partial charge in [-0.25, -0.2) is 4.39 Å². The molecule has 1 atom stereocenters. The first-order valence-electron chi connectivity index (χ1n) is 15.1. The van der Waals surface area contributed by atoms with Gasteiger partial charge in [0.05, 0.1) is 17.1 Å². The molecule has 3 aromatic carbocycles. The fraction of sp³-hybridized carbons (Fsp3) is 0.371. The van der Waals surface area contributed by atoms with Gasteiger partial charge in [-0.2, -0.15) is 0 Å². The van der Waals surface area contributed by atoms with Crippen LogP contribution in [0.5, 0.6) is 5.75 Å². The van der Waals surface area contributed by atoms with E-state index in [0.717, 1.165) is 42.3 Å². The Balaban J connectivity index is 1.37. The Bertz CT molecular complexity index is 1620. The standard InChI is InChI=1S/C35H38ClFN2O4/c1-23(2)19-32(35(41)43-26-11-6-7-12-26)38-17-8-18-42-27-21-30(28-14-13-24(37)20-31(28)36)29-15-16-34(40)39(33(29)22-27)25-9-4-3-5-10-25/h3-5,9-10,13-16,20-23,26,32,38H,6-8,11-12,17-19H2,1-2H3/t32-/m0/s1. The van der Waals surface area contributed by atoms with Crippen LogP contribution in [-0.4, -0.2) is 35.8 Å². The summed E-state index contributed by atoms with van der Waals surface area (Å²) in [6, 6.07) is 20.3. The second-order valence-corrected chi connectivity index (χ2v) is 12.0. The van der Waals surface area contributed by atoms with E-state index in [9.17, 15) is 14.0 Å². The van der Waals surface area contributed by atoms with Crippen molar-refractivity contribution in [1.29, 1.82) is 0 Å². The van der Waals surface area contributed by atoms with Gasteiger partial charge in [-0.15, -0.1) is 0 Å². The Morgan fingerprint density at radius 3 is 2.51 bits per heavy atom. The molecule has 0 aliphatic heterocycles. The summed E-state index contributed by atoms with van der Waals surface area (Å²) >= 11 is 6.50. The van der Waals surface area contributed by atoms with Crippen molar-refractivity contribution in [3.8, 4) is 22.6 Å². The van der Waals surface area contributed by atoms with Crippen molar-refractivity contribution in [1.82, 2.24) is 9.88 Å². The zero-order valence-corrected chi connectivity index (χ0v) is 25.4. The molecule has 43 heavy (non-hydrogen) atoms. The lowest BCUT2D eigenvalue weighted by Gasteiger charge is -2.22. The fourth-order valence-corrected chi connectivity index (χ4v) is 5.97. The van der Waals surface area contributed by atoms with Crippen LogP contribution < -0.4 is 15.6 Å². The smallest absolute Gasteiger partial charge is 0.323 e. The topological polar surface area (TPSA) is 69.6 Å². The van der Waals surface area contributed by atoms with Crippen LogP contribution in [0.15, 0.2) is 77.6 Å². The van der Waals surface area contributed by atoms with Gasteiger partial charge in [0, 0.05) is 28.8 Å². The SMILES string of the molecule is CC(C)C[C@H](NCCCOc1cc(-c2ccc(F)cc2Cl)c2ccc(=O)n(-c3ccccc3)c2c1)C(=O)OC1CCCC1. The number of halogens is 2. The predicted molar refractivity (Wildman–Crippen MR) is 170 cm³/mol. The first-order valence-corrected chi connectivity index (χ1v) is 15.5. The van der Waals surface area contributed by atoms with Crippen molar-refractivity contribution >= 4 is 28.5 Å². The average Bonchev–Trinajstić information content (AvgIpc) is 3.49. The third-order valence-electron chi connectivity index (χ3n) is 7.78. The van der Waals surface area contributed by atoms with E-state index >= 15 is 0 Å². The van der Waals surface area contributed by atoms with Crippen LogP contribution in [-0.2, 0) is 9.53 Å². The van der Waals surface area contributed by atoms with Crippen LogP contribution in [0.25, 0.3) is 27.7 Å². The number of nitrogens with zero attached hydrogens (tertiary/aromatic N) is 1. The number of carbonyl (C=O) groups excluding carboxylic acids is 1. The van der Waals surface area contributed by atoms with Gasteiger partial charge >= 0.3 is 5.97 Å². The molecule has 8 heteroatoms. The molecule has 0 spiro atoms. The zero-order valence-electron chi connectivity index (χ0n) is 24.7. The number of ether oxygens (including phenoxy) is 2. The van der Waals surface area contributed by atoms with Crippen molar-refractivity contribution in [3.63, 3.8) is 0 Å². The number of pyridine rings is 1. The number of esters is 1. The predicted octanol–water partition coefficient (Wildman–Crippen LogP) is 7.71. The van der Waals surface area contributed by atoms with E-state index in [0.29, 0.717) is 48.7 Å². The maximum absolute atomic E-state index is 13.9. The van der Waals surface area contributed by atoms with E-state index in [2.05, 4.69) is 19.2 Å². The Hall–Kier alpha value is -3.68. The van der Waals surface area contributed by atoms with Gasteiger partial charge in [0.2, 0.25) is 0 Å². The first-order chi connectivity index (χ1) is 20.8. The van der Waals surface area contributed by atoms with Crippen molar-refractivity contribution < 1.29 is 18.7 Å². The normalized spacial score (nSPS) is 14.3. The summed E-state index contributed by atoms with van der Waals surface area (Å²) in [6.07, 6.45) is 5.52. The molecule has 1 aliphatic carbocycles. The van der Waals surface area contributed by atoms with Gasteiger partial charge in [-0.05, 0) is 99.0 Å². The summed E-state index contributed by atoms with van der Waals surface area (Å²) in [5.41, 5.74) is 2.55. The molecule has 0 bridgehead atoms. The average molecular weight is 605 g/mol. The van der Waals surface area contributed by atoms with Crippen LogP contribution in [0.2, 0.25) is 5.02 Å². The second kappa shape index (κ2) is 14.2. The van der Waals surface area contributed by atoms with Crippen molar-refractivity contribution in [3.05, 3.63) is 94.0 Å². The van der Waals surface area contributed by atoms with Gasteiger partial charge in [-0.1, -0.05) is 43.6 Å². The number of hydrogen-bond donors (Lipinski definition) is 1. The Kier molecular flexibility index (Phi) is 10.2. The van der Waals surface area contributed by atoms with Crippen molar-refractivity contribution in [2.24, 2.45) is 5.92 Å². The van der Waals surface area contributed by atoms with E-state index in [1.807, 2.05) is 42.5 Å². The third-order valence-corrected chi connectivity index (χ3v) is 8.09. The summed E-state index contributed by atoms with van der Waals surface area (Å²) in [5, 5.41) is 4.42. The molecule has 1 saturated carbocycles. The highest BCUT2D eigenvalue weighted by Gasteiger charge is 2.26. The van der Waals surface area contributed by atoms with Gasteiger partial charge in [0.15, 0.2) is 0 Å². The lowest BCUT2D eigenvalue weighted by Crippen LogP contribution is -2.41. The Morgan fingerprint density at radius 2 is 1.79 bits per heavy atom. The van der Waals surface area contributed by atoms with Crippen molar-refractivity contribution in [2.45, 2.75) is 64.5 Å². The molecular weight excluding hydrogens is 567 g/mol. The van der Waals surface area contributed by atoms with Gasteiger partial charge in [0.1, 0.15) is 23.7 Å². The molecule has 1 fully saturated rings.